The molecule has 0 saturated heterocycles. The fourth-order valence-corrected chi connectivity index (χ4v) is 1.57. The van der Waals surface area contributed by atoms with Gasteiger partial charge in [-0.15, -0.1) is 0 Å². The van der Waals surface area contributed by atoms with E-state index >= 15 is 0 Å². The topological polar surface area (TPSA) is 45.9 Å². The minimum absolute atomic E-state index is 0.543. The molecule has 0 spiro atoms. The third-order valence-electron chi connectivity index (χ3n) is 2.44. The van der Waals surface area contributed by atoms with Crippen LogP contribution in [-0.4, -0.2) is 11.6 Å². The van der Waals surface area contributed by atoms with E-state index < -0.39 is 0 Å². The Balaban J connectivity index is 1.90. The summed E-state index contributed by atoms with van der Waals surface area (Å²) in [7, 11) is 0. The second-order valence-electron chi connectivity index (χ2n) is 3.61. The molecule has 0 fully saturated rings. The fourth-order valence-electron chi connectivity index (χ4n) is 1.57. The van der Waals surface area contributed by atoms with Crippen LogP contribution in [-0.2, 0) is 0 Å². The Morgan fingerprint density at radius 1 is 1.47 bits per heavy atom. The van der Waals surface area contributed by atoms with E-state index in [1.807, 2.05) is 0 Å². The molecular weight excluding hydrogens is 188 g/mol. The predicted molar refractivity (Wildman–Crippen MR) is 56.3 cm³/mol. The number of aromatic nitrogens is 1. The number of ether oxygens (including phenoxy) is 1. The molecule has 1 aliphatic carbocycles. The molecule has 0 radical (unpaired) electrons. The molecule has 3 nitrogen and oxygen atoms in total. The van der Waals surface area contributed by atoms with Crippen LogP contribution in [0.15, 0.2) is 30.5 Å². The van der Waals surface area contributed by atoms with E-state index in [1.165, 1.54) is 0 Å². The Bertz CT molecular complexity index is 398. The average molecular weight is 200 g/mol. The van der Waals surface area contributed by atoms with Crippen molar-refractivity contribution in [3.05, 3.63) is 36.0 Å². The van der Waals surface area contributed by atoms with Crippen molar-refractivity contribution in [2.75, 3.05) is 6.61 Å². The van der Waals surface area contributed by atoms with Gasteiger partial charge in [-0.25, -0.2) is 4.98 Å². The average Bonchev–Trinajstić information content (AvgIpc) is 2.79. The highest BCUT2D eigenvalue weighted by Gasteiger charge is 2.11. The van der Waals surface area contributed by atoms with Crippen LogP contribution in [0.3, 0.4) is 0 Å². The zero-order chi connectivity index (χ0) is 10.5. The van der Waals surface area contributed by atoms with Gasteiger partial charge in [-0.05, 0) is 24.8 Å². The first-order chi connectivity index (χ1) is 7.38. The summed E-state index contributed by atoms with van der Waals surface area (Å²) in [6, 6.07) is 5.40. The molecular formula is C12H12N2O. The molecule has 2 rings (SSSR count). The van der Waals surface area contributed by atoms with Crippen LogP contribution in [0.5, 0.6) is 5.88 Å². The minimum atomic E-state index is 0.543. The van der Waals surface area contributed by atoms with Crippen molar-refractivity contribution in [3.63, 3.8) is 0 Å². The molecule has 1 aromatic heterocycles. The zero-order valence-corrected chi connectivity index (χ0v) is 8.39. The van der Waals surface area contributed by atoms with Gasteiger partial charge in [0.25, 0.3) is 0 Å². The molecule has 0 amide bonds. The standard InChI is InChI=1S/C12H12N2O/c13-8-11-5-6-14-12(7-11)15-9-10-3-1-2-4-10/h1-2,5-7,10H,3-4,9H2. The number of allylic oxidation sites excluding steroid dienone is 2. The monoisotopic (exact) mass is 200 g/mol. The highest BCUT2D eigenvalue weighted by molar-refractivity contribution is 5.31. The first kappa shape index (κ1) is 9.72. The van der Waals surface area contributed by atoms with Crippen molar-refractivity contribution in [3.8, 4) is 11.9 Å². The fraction of sp³-hybridized carbons (Fsp3) is 0.333. The van der Waals surface area contributed by atoms with E-state index in [0.717, 1.165) is 12.8 Å². The number of nitriles is 1. The van der Waals surface area contributed by atoms with E-state index in [2.05, 4.69) is 23.2 Å². The molecule has 0 aromatic carbocycles. The van der Waals surface area contributed by atoms with E-state index in [9.17, 15) is 0 Å². The largest absolute Gasteiger partial charge is 0.477 e. The molecule has 0 bridgehead atoms. The van der Waals surface area contributed by atoms with Gasteiger partial charge in [0.2, 0.25) is 5.88 Å². The lowest BCUT2D eigenvalue weighted by molar-refractivity contribution is 0.247. The second-order valence-corrected chi connectivity index (χ2v) is 3.61. The Morgan fingerprint density at radius 2 is 2.27 bits per heavy atom. The maximum absolute atomic E-state index is 8.70. The summed E-state index contributed by atoms with van der Waals surface area (Å²) in [6.07, 6.45) is 8.11. The van der Waals surface area contributed by atoms with Gasteiger partial charge in [0.15, 0.2) is 0 Å². The highest BCUT2D eigenvalue weighted by atomic mass is 16.5. The molecule has 1 heterocycles. The predicted octanol–water partition coefficient (Wildman–Crippen LogP) is 2.30. The van der Waals surface area contributed by atoms with Gasteiger partial charge in [-0.1, -0.05) is 12.2 Å². The van der Waals surface area contributed by atoms with Crippen LogP contribution in [0.4, 0.5) is 0 Å². The summed E-state index contributed by atoms with van der Waals surface area (Å²) in [4.78, 5) is 4.05. The first-order valence-electron chi connectivity index (χ1n) is 5.02. The van der Waals surface area contributed by atoms with Gasteiger partial charge >= 0.3 is 0 Å². The molecule has 1 aliphatic rings. The van der Waals surface area contributed by atoms with Gasteiger partial charge in [0.05, 0.1) is 18.2 Å². The third-order valence-corrected chi connectivity index (χ3v) is 2.44. The lowest BCUT2D eigenvalue weighted by Gasteiger charge is -2.10. The Kier molecular flexibility index (Phi) is 2.99. The Labute approximate surface area is 89.0 Å². The lowest BCUT2D eigenvalue weighted by atomic mass is 10.1. The van der Waals surface area contributed by atoms with Crippen molar-refractivity contribution in [2.24, 2.45) is 5.92 Å². The molecule has 0 saturated carbocycles. The van der Waals surface area contributed by atoms with Crippen molar-refractivity contribution >= 4 is 0 Å². The molecule has 1 aromatic rings. The first-order valence-corrected chi connectivity index (χ1v) is 5.02. The Morgan fingerprint density at radius 3 is 3.00 bits per heavy atom. The van der Waals surface area contributed by atoms with Crippen molar-refractivity contribution in [2.45, 2.75) is 12.8 Å². The minimum Gasteiger partial charge on any atom is -0.477 e. The van der Waals surface area contributed by atoms with Crippen LogP contribution in [0, 0.1) is 17.2 Å². The smallest absolute Gasteiger partial charge is 0.214 e. The van der Waals surface area contributed by atoms with Crippen LogP contribution in [0.2, 0.25) is 0 Å². The molecule has 15 heavy (non-hydrogen) atoms. The van der Waals surface area contributed by atoms with Crippen LogP contribution in [0.25, 0.3) is 0 Å². The summed E-state index contributed by atoms with van der Waals surface area (Å²) in [5, 5.41) is 8.70. The number of hydrogen-bond acceptors (Lipinski definition) is 3. The number of nitrogens with zero attached hydrogens (tertiary/aromatic N) is 2. The summed E-state index contributed by atoms with van der Waals surface area (Å²) in [5.41, 5.74) is 0.588. The highest BCUT2D eigenvalue weighted by Crippen LogP contribution is 2.19. The van der Waals surface area contributed by atoms with E-state index in [0.29, 0.717) is 24.0 Å². The molecule has 3 heteroatoms. The lowest BCUT2D eigenvalue weighted by Crippen LogP contribution is -2.09. The maximum atomic E-state index is 8.70. The van der Waals surface area contributed by atoms with Crippen LogP contribution in [0.1, 0.15) is 18.4 Å². The molecule has 0 unspecified atom stereocenters. The van der Waals surface area contributed by atoms with Crippen LogP contribution >= 0.6 is 0 Å². The van der Waals surface area contributed by atoms with Crippen molar-refractivity contribution in [1.82, 2.24) is 4.98 Å². The molecule has 0 N–H and O–H groups in total. The van der Waals surface area contributed by atoms with E-state index in [-0.39, 0.29) is 0 Å². The van der Waals surface area contributed by atoms with Gasteiger partial charge in [-0.2, -0.15) is 5.26 Å². The second kappa shape index (κ2) is 4.61. The SMILES string of the molecule is N#Cc1ccnc(OCC2CC=CC2)c1. The third kappa shape index (κ3) is 2.57. The number of rotatable bonds is 3. The van der Waals surface area contributed by atoms with E-state index in [1.54, 1.807) is 18.3 Å². The summed E-state index contributed by atoms with van der Waals surface area (Å²) in [6.45, 7) is 0.675. The number of pyridine rings is 1. The summed E-state index contributed by atoms with van der Waals surface area (Å²) >= 11 is 0. The molecule has 0 aliphatic heterocycles. The zero-order valence-electron chi connectivity index (χ0n) is 8.39. The van der Waals surface area contributed by atoms with Gasteiger partial charge in [-0.3, -0.25) is 0 Å². The normalized spacial score (nSPS) is 15.1. The molecule has 76 valence electrons. The van der Waals surface area contributed by atoms with Crippen LogP contribution < -0.4 is 4.74 Å². The number of hydrogen-bond donors (Lipinski definition) is 0. The quantitative estimate of drug-likeness (QED) is 0.703. The summed E-state index contributed by atoms with van der Waals surface area (Å²) in [5.74, 6) is 1.11. The van der Waals surface area contributed by atoms with Crippen molar-refractivity contribution < 1.29 is 4.74 Å². The van der Waals surface area contributed by atoms with Gasteiger partial charge in [0.1, 0.15) is 0 Å². The molecule has 0 atom stereocenters. The van der Waals surface area contributed by atoms with Crippen molar-refractivity contribution in [1.29, 1.82) is 5.26 Å². The van der Waals surface area contributed by atoms with Gasteiger partial charge in [0, 0.05) is 12.3 Å². The van der Waals surface area contributed by atoms with E-state index in [4.69, 9.17) is 10.00 Å². The Hall–Kier alpha value is -1.82. The summed E-state index contributed by atoms with van der Waals surface area (Å²) < 4.78 is 5.53. The maximum Gasteiger partial charge on any atom is 0.214 e. The van der Waals surface area contributed by atoms with Gasteiger partial charge < -0.3 is 4.74 Å².